The topological polar surface area (TPSA) is 32.7 Å². The molecule has 4 aliphatic heterocycles. The van der Waals surface area contributed by atoms with Gasteiger partial charge in [-0.25, -0.2) is 0 Å². The molecular formula is C19H25NO2. The van der Waals surface area contributed by atoms with Gasteiger partial charge in [0.1, 0.15) is 17.6 Å². The van der Waals surface area contributed by atoms with E-state index < -0.39 is 0 Å². The summed E-state index contributed by atoms with van der Waals surface area (Å²) in [4.78, 5) is 2.78. The molecule has 3 saturated heterocycles. The van der Waals surface area contributed by atoms with Gasteiger partial charge < -0.3 is 9.84 Å². The van der Waals surface area contributed by atoms with E-state index in [2.05, 4.69) is 11.8 Å². The van der Waals surface area contributed by atoms with Gasteiger partial charge in [-0.05, 0) is 55.8 Å². The average molecular weight is 299 g/mol. The van der Waals surface area contributed by atoms with Gasteiger partial charge in [-0.2, -0.15) is 0 Å². The first kappa shape index (κ1) is 13.2. The molecule has 1 aliphatic carbocycles. The molecule has 3 nitrogen and oxygen atoms in total. The third-order valence-corrected chi connectivity index (χ3v) is 6.80. The Bertz CT molecular complexity index is 601. The SMILES string of the molecule is CCC1CC2CC3C4Oc5ccc(O)cc5C4CCN(C2)C13. The van der Waals surface area contributed by atoms with Gasteiger partial charge >= 0.3 is 0 Å². The fraction of sp³-hybridized carbons (Fsp3) is 0.684. The van der Waals surface area contributed by atoms with Crippen molar-refractivity contribution in [3.63, 3.8) is 0 Å². The van der Waals surface area contributed by atoms with Crippen LogP contribution in [0.4, 0.5) is 0 Å². The van der Waals surface area contributed by atoms with Crippen LogP contribution in [0.2, 0.25) is 0 Å². The maximum atomic E-state index is 9.86. The second-order valence-corrected chi connectivity index (χ2v) is 7.85. The predicted octanol–water partition coefficient (Wildman–Crippen LogP) is 3.38. The Balaban J connectivity index is 1.55. The first-order valence-corrected chi connectivity index (χ1v) is 8.98. The zero-order valence-corrected chi connectivity index (χ0v) is 13.2. The summed E-state index contributed by atoms with van der Waals surface area (Å²) in [5.74, 6) is 4.30. The fourth-order valence-corrected chi connectivity index (χ4v) is 6.04. The molecule has 7 atom stereocenters. The Hall–Kier alpha value is -1.22. The lowest BCUT2D eigenvalue weighted by molar-refractivity contribution is -0.0639. The molecule has 4 bridgehead atoms. The van der Waals surface area contributed by atoms with E-state index in [-0.39, 0.29) is 0 Å². The highest BCUT2D eigenvalue weighted by molar-refractivity contribution is 5.46. The number of hydrogen-bond acceptors (Lipinski definition) is 3. The van der Waals surface area contributed by atoms with Crippen molar-refractivity contribution in [1.82, 2.24) is 4.90 Å². The van der Waals surface area contributed by atoms with E-state index in [4.69, 9.17) is 4.74 Å². The molecule has 22 heavy (non-hydrogen) atoms. The molecule has 5 aliphatic rings. The van der Waals surface area contributed by atoms with E-state index >= 15 is 0 Å². The van der Waals surface area contributed by atoms with E-state index in [0.29, 0.717) is 23.7 Å². The molecule has 1 saturated carbocycles. The molecule has 0 spiro atoms. The van der Waals surface area contributed by atoms with Crippen LogP contribution in [-0.2, 0) is 0 Å². The van der Waals surface area contributed by atoms with E-state index in [1.807, 2.05) is 12.1 Å². The summed E-state index contributed by atoms with van der Waals surface area (Å²) in [6.07, 6.45) is 5.60. The van der Waals surface area contributed by atoms with E-state index in [1.54, 1.807) is 6.07 Å². The van der Waals surface area contributed by atoms with Crippen molar-refractivity contribution in [1.29, 1.82) is 0 Å². The number of benzene rings is 1. The third kappa shape index (κ3) is 1.72. The zero-order chi connectivity index (χ0) is 14.8. The third-order valence-electron chi connectivity index (χ3n) is 6.80. The summed E-state index contributed by atoms with van der Waals surface area (Å²) in [6, 6.07) is 6.40. The molecular weight excluding hydrogens is 274 g/mol. The van der Waals surface area contributed by atoms with Gasteiger partial charge in [0.15, 0.2) is 0 Å². The zero-order valence-electron chi connectivity index (χ0n) is 13.2. The van der Waals surface area contributed by atoms with Crippen LogP contribution in [0.3, 0.4) is 0 Å². The van der Waals surface area contributed by atoms with Crippen molar-refractivity contribution in [2.75, 3.05) is 13.1 Å². The Kier molecular flexibility index (Phi) is 2.79. The van der Waals surface area contributed by atoms with E-state index in [1.165, 1.54) is 44.3 Å². The molecule has 0 amide bonds. The van der Waals surface area contributed by atoms with Gasteiger partial charge in [0.25, 0.3) is 0 Å². The molecule has 7 unspecified atom stereocenters. The number of aromatic hydroxyl groups is 1. The molecule has 0 radical (unpaired) electrons. The van der Waals surface area contributed by atoms with Crippen LogP contribution in [0.15, 0.2) is 18.2 Å². The van der Waals surface area contributed by atoms with Crippen LogP contribution in [0.25, 0.3) is 0 Å². The Labute approximate surface area is 132 Å². The number of phenolic OH excluding ortho intramolecular Hbond substituents is 1. The second-order valence-electron chi connectivity index (χ2n) is 7.85. The Morgan fingerprint density at radius 2 is 2.23 bits per heavy atom. The Morgan fingerprint density at radius 3 is 3.09 bits per heavy atom. The first-order chi connectivity index (χ1) is 10.7. The Morgan fingerprint density at radius 1 is 1.32 bits per heavy atom. The summed E-state index contributed by atoms with van der Waals surface area (Å²) < 4.78 is 6.44. The lowest BCUT2D eigenvalue weighted by Gasteiger charge is -2.54. The summed E-state index contributed by atoms with van der Waals surface area (Å²) in [5.41, 5.74) is 1.25. The summed E-state index contributed by atoms with van der Waals surface area (Å²) >= 11 is 0. The van der Waals surface area contributed by atoms with Gasteiger partial charge in [-0.1, -0.05) is 13.3 Å². The number of hydrogen-bond donors (Lipinski definition) is 1. The van der Waals surface area contributed by atoms with Crippen LogP contribution < -0.4 is 4.74 Å². The maximum absolute atomic E-state index is 9.86. The van der Waals surface area contributed by atoms with E-state index in [9.17, 15) is 5.11 Å². The van der Waals surface area contributed by atoms with Crippen molar-refractivity contribution < 1.29 is 9.84 Å². The van der Waals surface area contributed by atoms with Crippen LogP contribution in [-0.4, -0.2) is 35.2 Å². The molecule has 1 N–H and O–H groups in total. The molecule has 1 aromatic carbocycles. The number of nitrogens with zero attached hydrogens (tertiary/aromatic N) is 1. The summed E-state index contributed by atoms with van der Waals surface area (Å²) in [7, 11) is 0. The summed E-state index contributed by atoms with van der Waals surface area (Å²) in [5, 5.41) is 9.86. The van der Waals surface area contributed by atoms with Gasteiger partial charge in [0.2, 0.25) is 0 Å². The lowest BCUT2D eigenvalue weighted by Crippen LogP contribution is -2.59. The minimum Gasteiger partial charge on any atom is -0.508 e. The molecule has 0 aromatic heterocycles. The highest BCUT2D eigenvalue weighted by Gasteiger charge is 2.54. The maximum Gasteiger partial charge on any atom is 0.123 e. The number of piperidine rings is 2. The number of rotatable bonds is 1. The number of phenols is 1. The molecule has 4 heterocycles. The molecule has 118 valence electrons. The number of fused-ring (bicyclic) bond motifs is 4. The minimum absolute atomic E-state index is 0.337. The monoisotopic (exact) mass is 299 g/mol. The van der Waals surface area contributed by atoms with Crippen LogP contribution in [0, 0.1) is 17.8 Å². The van der Waals surface area contributed by atoms with Crippen molar-refractivity contribution >= 4 is 0 Å². The van der Waals surface area contributed by atoms with Crippen molar-refractivity contribution in [2.24, 2.45) is 17.8 Å². The predicted molar refractivity (Wildman–Crippen MR) is 85.2 cm³/mol. The molecule has 6 rings (SSSR count). The first-order valence-electron chi connectivity index (χ1n) is 8.98. The fourth-order valence-electron chi connectivity index (χ4n) is 6.04. The smallest absolute Gasteiger partial charge is 0.123 e. The highest BCUT2D eigenvalue weighted by atomic mass is 16.5. The lowest BCUT2D eigenvalue weighted by atomic mass is 9.64. The van der Waals surface area contributed by atoms with Crippen LogP contribution in [0.1, 0.15) is 44.1 Å². The van der Waals surface area contributed by atoms with Crippen molar-refractivity contribution in [2.45, 2.75) is 50.7 Å². The van der Waals surface area contributed by atoms with Gasteiger partial charge in [0.05, 0.1) is 0 Å². The quantitative estimate of drug-likeness (QED) is 0.863. The highest BCUT2D eigenvalue weighted by Crippen LogP contribution is 2.54. The molecule has 3 heteroatoms. The van der Waals surface area contributed by atoms with E-state index in [0.717, 1.165) is 23.6 Å². The molecule has 1 aromatic rings. The van der Waals surface area contributed by atoms with Gasteiger partial charge in [-0.15, -0.1) is 0 Å². The second kappa shape index (κ2) is 4.64. The van der Waals surface area contributed by atoms with Crippen LogP contribution in [0.5, 0.6) is 11.5 Å². The number of ether oxygens (including phenoxy) is 1. The summed E-state index contributed by atoms with van der Waals surface area (Å²) in [6.45, 7) is 4.87. The van der Waals surface area contributed by atoms with Crippen molar-refractivity contribution in [3.05, 3.63) is 23.8 Å². The largest absolute Gasteiger partial charge is 0.508 e. The molecule has 4 fully saturated rings. The van der Waals surface area contributed by atoms with Crippen LogP contribution >= 0.6 is 0 Å². The van der Waals surface area contributed by atoms with Gasteiger partial charge in [-0.3, -0.25) is 4.90 Å². The van der Waals surface area contributed by atoms with Gasteiger partial charge in [0, 0.05) is 30.0 Å². The van der Waals surface area contributed by atoms with Crippen molar-refractivity contribution in [3.8, 4) is 11.5 Å². The minimum atomic E-state index is 0.337. The average Bonchev–Trinajstić information content (AvgIpc) is 2.85. The standard InChI is InChI=1S/C19H25NO2/c1-2-12-7-11-8-16-18(12)20(10-11)6-5-14-15-9-13(21)3-4-17(15)22-19(14)16/h3-4,9,11-12,14,16,18-19,21H,2,5-8,10H2,1H3. The normalized spacial score (nSPS) is 44.9.